The molecular formula is C22H28FNO2. The monoisotopic (exact) mass is 357 g/mol. The SMILES string of the molecule is CC(=O)COC(C)(C)C(F)CN(Cc1ccccc1)Cc1ccccc1. The molecule has 26 heavy (non-hydrogen) atoms. The first kappa shape index (κ1) is 20.3. The molecule has 0 amide bonds. The van der Waals surface area contributed by atoms with E-state index in [9.17, 15) is 4.79 Å². The first-order valence-electron chi connectivity index (χ1n) is 8.94. The smallest absolute Gasteiger partial charge is 0.155 e. The summed E-state index contributed by atoms with van der Waals surface area (Å²) in [4.78, 5) is 13.2. The number of carbonyl (C=O) groups excluding carboxylic acids is 1. The Hall–Kier alpha value is -2.04. The van der Waals surface area contributed by atoms with Crippen LogP contribution in [0, 0.1) is 0 Å². The Kier molecular flexibility index (Phi) is 7.49. The highest BCUT2D eigenvalue weighted by molar-refractivity contribution is 5.76. The van der Waals surface area contributed by atoms with Gasteiger partial charge in [-0.3, -0.25) is 9.69 Å². The molecule has 0 aliphatic carbocycles. The molecule has 2 aromatic rings. The number of carbonyl (C=O) groups is 1. The maximum absolute atomic E-state index is 15.0. The van der Waals surface area contributed by atoms with E-state index in [1.807, 2.05) is 60.7 Å². The number of hydrogen-bond donors (Lipinski definition) is 0. The molecule has 0 N–H and O–H groups in total. The number of alkyl halides is 1. The Bertz CT molecular complexity index is 632. The summed E-state index contributed by atoms with van der Waals surface area (Å²) in [6.07, 6.45) is -1.21. The summed E-state index contributed by atoms with van der Waals surface area (Å²) in [6, 6.07) is 20.1. The van der Waals surface area contributed by atoms with Crippen LogP contribution in [0.1, 0.15) is 31.9 Å². The molecule has 0 fully saturated rings. The minimum Gasteiger partial charge on any atom is -0.365 e. The Balaban J connectivity index is 2.08. The van der Waals surface area contributed by atoms with Crippen molar-refractivity contribution >= 4 is 5.78 Å². The predicted octanol–water partition coefficient (Wildman–Crippen LogP) is 4.41. The van der Waals surface area contributed by atoms with Crippen LogP contribution in [0.4, 0.5) is 4.39 Å². The fraction of sp³-hybridized carbons (Fsp3) is 0.409. The molecule has 0 bridgehead atoms. The average Bonchev–Trinajstić information content (AvgIpc) is 2.61. The number of ketones is 1. The molecule has 140 valence electrons. The van der Waals surface area contributed by atoms with Gasteiger partial charge in [-0.25, -0.2) is 4.39 Å². The minimum absolute atomic E-state index is 0.0647. The van der Waals surface area contributed by atoms with Gasteiger partial charge in [0.1, 0.15) is 12.8 Å². The first-order valence-corrected chi connectivity index (χ1v) is 8.94. The molecule has 0 radical (unpaired) electrons. The van der Waals surface area contributed by atoms with E-state index in [2.05, 4.69) is 4.90 Å². The molecule has 3 nitrogen and oxygen atoms in total. The van der Waals surface area contributed by atoms with Gasteiger partial charge in [-0.2, -0.15) is 0 Å². The third-order valence-corrected chi connectivity index (χ3v) is 4.32. The largest absolute Gasteiger partial charge is 0.365 e. The fourth-order valence-electron chi connectivity index (χ4n) is 2.69. The lowest BCUT2D eigenvalue weighted by Gasteiger charge is -2.33. The van der Waals surface area contributed by atoms with Gasteiger partial charge < -0.3 is 4.74 Å². The predicted molar refractivity (Wildman–Crippen MR) is 103 cm³/mol. The Morgan fingerprint density at radius 2 is 1.46 bits per heavy atom. The lowest BCUT2D eigenvalue weighted by Crippen LogP contribution is -2.44. The van der Waals surface area contributed by atoms with Crippen LogP contribution in [0.2, 0.25) is 0 Å². The van der Waals surface area contributed by atoms with E-state index in [4.69, 9.17) is 4.74 Å². The molecule has 2 aromatic carbocycles. The van der Waals surface area contributed by atoms with Crippen molar-refractivity contribution < 1.29 is 13.9 Å². The van der Waals surface area contributed by atoms with Crippen LogP contribution in [0.5, 0.6) is 0 Å². The van der Waals surface area contributed by atoms with Crippen molar-refractivity contribution in [2.24, 2.45) is 0 Å². The van der Waals surface area contributed by atoms with Crippen molar-refractivity contribution in [3.63, 3.8) is 0 Å². The number of rotatable bonds is 10. The molecule has 0 aromatic heterocycles. The summed E-state index contributed by atoms with van der Waals surface area (Å²) in [7, 11) is 0. The first-order chi connectivity index (χ1) is 12.4. The van der Waals surface area contributed by atoms with Crippen molar-refractivity contribution in [1.29, 1.82) is 0 Å². The number of halogens is 1. The van der Waals surface area contributed by atoms with Crippen molar-refractivity contribution in [1.82, 2.24) is 4.90 Å². The van der Waals surface area contributed by atoms with Crippen molar-refractivity contribution in [2.45, 2.75) is 45.6 Å². The molecule has 0 saturated carbocycles. The number of hydrogen-bond acceptors (Lipinski definition) is 3. The molecule has 2 rings (SSSR count). The van der Waals surface area contributed by atoms with Crippen LogP contribution >= 0.6 is 0 Å². The molecule has 0 aliphatic rings. The van der Waals surface area contributed by atoms with Gasteiger partial charge in [0.15, 0.2) is 5.78 Å². The van der Waals surface area contributed by atoms with Crippen LogP contribution in [0.3, 0.4) is 0 Å². The highest BCUT2D eigenvalue weighted by atomic mass is 19.1. The van der Waals surface area contributed by atoms with Crippen molar-refractivity contribution in [3.8, 4) is 0 Å². The summed E-state index contributed by atoms with van der Waals surface area (Å²) in [6.45, 7) is 6.31. The Morgan fingerprint density at radius 1 is 1.00 bits per heavy atom. The normalized spacial score (nSPS) is 13.0. The van der Waals surface area contributed by atoms with Gasteiger partial charge >= 0.3 is 0 Å². The van der Waals surface area contributed by atoms with Gasteiger partial charge in [0.2, 0.25) is 0 Å². The van der Waals surface area contributed by atoms with E-state index in [0.29, 0.717) is 13.1 Å². The highest BCUT2D eigenvalue weighted by Crippen LogP contribution is 2.21. The summed E-state index contributed by atoms with van der Waals surface area (Å²) >= 11 is 0. The van der Waals surface area contributed by atoms with E-state index in [-0.39, 0.29) is 18.9 Å². The zero-order valence-electron chi connectivity index (χ0n) is 15.8. The second-order valence-electron chi connectivity index (χ2n) is 7.20. The second-order valence-corrected chi connectivity index (χ2v) is 7.20. The number of benzene rings is 2. The second kappa shape index (κ2) is 9.60. The molecule has 0 spiro atoms. The third-order valence-electron chi connectivity index (χ3n) is 4.32. The number of nitrogens with zero attached hydrogens (tertiary/aromatic N) is 1. The Morgan fingerprint density at radius 3 is 1.88 bits per heavy atom. The zero-order valence-corrected chi connectivity index (χ0v) is 15.8. The molecule has 0 saturated heterocycles. The standard InChI is InChI=1S/C22H28FNO2/c1-18(25)17-26-22(2,3)21(23)16-24(14-19-10-6-4-7-11-19)15-20-12-8-5-9-13-20/h4-13,21H,14-17H2,1-3H3. The van der Waals surface area contributed by atoms with Crippen LogP contribution in [0.25, 0.3) is 0 Å². The van der Waals surface area contributed by atoms with Gasteiger partial charge in [0, 0.05) is 19.6 Å². The van der Waals surface area contributed by atoms with E-state index >= 15 is 4.39 Å². The van der Waals surface area contributed by atoms with Crippen LogP contribution < -0.4 is 0 Å². The van der Waals surface area contributed by atoms with Gasteiger partial charge in [-0.15, -0.1) is 0 Å². The minimum atomic E-state index is -1.21. The lowest BCUT2D eigenvalue weighted by atomic mass is 10.0. The van der Waals surface area contributed by atoms with Gasteiger partial charge in [-0.05, 0) is 31.9 Å². The molecular weight excluding hydrogens is 329 g/mol. The van der Waals surface area contributed by atoms with Gasteiger partial charge in [0.05, 0.1) is 5.60 Å². The number of ether oxygens (including phenoxy) is 1. The fourth-order valence-corrected chi connectivity index (χ4v) is 2.69. The summed E-state index contributed by atoms with van der Waals surface area (Å²) < 4.78 is 20.5. The maximum Gasteiger partial charge on any atom is 0.155 e. The van der Waals surface area contributed by atoms with Gasteiger partial charge in [0.25, 0.3) is 0 Å². The molecule has 1 unspecified atom stereocenters. The topological polar surface area (TPSA) is 29.5 Å². The summed E-state index contributed by atoms with van der Waals surface area (Å²) in [5, 5.41) is 0. The Labute approximate surface area is 155 Å². The number of Topliss-reactive ketones (excluding diaryl/α,β-unsaturated/α-hetero) is 1. The van der Waals surface area contributed by atoms with Crippen LogP contribution in [-0.4, -0.2) is 35.6 Å². The highest BCUT2D eigenvalue weighted by Gasteiger charge is 2.32. The van der Waals surface area contributed by atoms with Crippen molar-refractivity contribution in [3.05, 3.63) is 71.8 Å². The van der Waals surface area contributed by atoms with Crippen LogP contribution in [0.15, 0.2) is 60.7 Å². The van der Waals surface area contributed by atoms with Crippen molar-refractivity contribution in [2.75, 3.05) is 13.2 Å². The van der Waals surface area contributed by atoms with Crippen LogP contribution in [-0.2, 0) is 22.6 Å². The van der Waals surface area contributed by atoms with E-state index < -0.39 is 11.8 Å². The molecule has 1 atom stereocenters. The lowest BCUT2D eigenvalue weighted by molar-refractivity contribution is -0.132. The third kappa shape index (κ3) is 6.70. The molecule has 0 aliphatic heterocycles. The summed E-state index contributed by atoms with van der Waals surface area (Å²) in [5.74, 6) is -0.101. The average molecular weight is 357 g/mol. The van der Waals surface area contributed by atoms with E-state index in [0.717, 1.165) is 11.1 Å². The van der Waals surface area contributed by atoms with Gasteiger partial charge in [-0.1, -0.05) is 60.7 Å². The zero-order chi connectivity index (χ0) is 19.0. The molecule has 0 heterocycles. The summed E-state index contributed by atoms with van der Waals surface area (Å²) in [5.41, 5.74) is 1.26. The van der Waals surface area contributed by atoms with E-state index in [1.165, 1.54) is 6.92 Å². The maximum atomic E-state index is 15.0. The quantitative estimate of drug-likeness (QED) is 0.631. The molecule has 4 heteroatoms. The van der Waals surface area contributed by atoms with E-state index in [1.54, 1.807) is 13.8 Å².